The van der Waals surface area contributed by atoms with Gasteiger partial charge >= 0.3 is 0 Å². The lowest BCUT2D eigenvalue weighted by atomic mass is 9.99. The third kappa shape index (κ3) is 3.74. The van der Waals surface area contributed by atoms with Crippen molar-refractivity contribution in [3.63, 3.8) is 0 Å². The molecule has 1 aromatic heterocycles. The Balaban J connectivity index is 1.41. The van der Waals surface area contributed by atoms with Gasteiger partial charge in [-0.1, -0.05) is 30.3 Å². The average Bonchev–Trinajstić information content (AvgIpc) is 3.20. The van der Waals surface area contributed by atoms with E-state index in [1.807, 2.05) is 12.1 Å². The predicted molar refractivity (Wildman–Crippen MR) is 85.4 cm³/mol. The molecule has 2 unspecified atom stereocenters. The first-order valence-electron chi connectivity index (χ1n) is 7.87. The maximum absolute atomic E-state index is 5.42. The van der Waals surface area contributed by atoms with Gasteiger partial charge in [0, 0.05) is 19.6 Å². The van der Waals surface area contributed by atoms with Crippen LogP contribution in [0, 0.1) is 0 Å². The highest BCUT2D eigenvalue weighted by Gasteiger charge is 2.23. The third-order valence-electron chi connectivity index (χ3n) is 4.39. The molecular weight excluding hydrogens is 260 g/mol. The Labute approximate surface area is 127 Å². The highest BCUT2D eigenvalue weighted by atomic mass is 16.3. The van der Waals surface area contributed by atoms with E-state index in [0.717, 1.165) is 18.8 Å². The number of hydrogen-bond acceptors (Lipinski definition) is 3. The number of nitrogens with zero attached hydrogens (tertiary/aromatic N) is 1. The molecule has 3 nitrogen and oxygen atoms in total. The zero-order chi connectivity index (χ0) is 14.5. The molecule has 0 radical (unpaired) electrons. The maximum atomic E-state index is 5.42. The lowest BCUT2D eigenvalue weighted by Gasteiger charge is -2.18. The van der Waals surface area contributed by atoms with Crippen LogP contribution in [-0.2, 0) is 0 Å². The van der Waals surface area contributed by atoms with Crippen molar-refractivity contribution in [2.45, 2.75) is 25.3 Å². The Hall–Kier alpha value is -1.58. The molecule has 0 spiro atoms. The SMILES string of the molecule is CC(NCCN1CCC(c2ccccc2)C1)c1ccco1. The molecule has 3 rings (SSSR count). The van der Waals surface area contributed by atoms with E-state index in [9.17, 15) is 0 Å². The van der Waals surface area contributed by atoms with Gasteiger partial charge in [-0.3, -0.25) is 0 Å². The van der Waals surface area contributed by atoms with Crippen molar-refractivity contribution in [3.8, 4) is 0 Å². The molecule has 0 amide bonds. The fourth-order valence-corrected chi connectivity index (χ4v) is 3.11. The Morgan fingerprint density at radius 2 is 2.10 bits per heavy atom. The second kappa shape index (κ2) is 6.92. The number of nitrogens with one attached hydrogen (secondary N) is 1. The summed E-state index contributed by atoms with van der Waals surface area (Å²) in [6.07, 6.45) is 3.01. The minimum atomic E-state index is 0.285. The highest BCUT2D eigenvalue weighted by Crippen LogP contribution is 2.26. The molecular formula is C18H24N2O. The molecule has 2 heterocycles. The van der Waals surface area contributed by atoms with Crippen LogP contribution in [0.3, 0.4) is 0 Å². The van der Waals surface area contributed by atoms with Crippen molar-refractivity contribution >= 4 is 0 Å². The van der Waals surface area contributed by atoms with E-state index in [1.54, 1.807) is 6.26 Å². The molecule has 2 aromatic rings. The minimum Gasteiger partial charge on any atom is -0.468 e. The van der Waals surface area contributed by atoms with Crippen LogP contribution in [0.5, 0.6) is 0 Å². The molecule has 1 N–H and O–H groups in total. The summed E-state index contributed by atoms with van der Waals surface area (Å²) in [6.45, 7) is 6.64. The Morgan fingerprint density at radius 3 is 2.86 bits per heavy atom. The predicted octanol–water partition coefficient (Wildman–Crippen LogP) is 3.42. The van der Waals surface area contributed by atoms with Crippen molar-refractivity contribution in [3.05, 3.63) is 60.1 Å². The number of furan rings is 1. The van der Waals surface area contributed by atoms with Crippen molar-refractivity contribution in [1.29, 1.82) is 0 Å². The Bertz CT molecular complexity index is 523. The third-order valence-corrected chi connectivity index (χ3v) is 4.39. The maximum Gasteiger partial charge on any atom is 0.120 e. The molecule has 1 fully saturated rings. The van der Waals surface area contributed by atoms with Crippen LogP contribution in [0.1, 0.15) is 36.6 Å². The van der Waals surface area contributed by atoms with E-state index >= 15 is 0 Å². The van der Waals surface area contributed by atoms with E-state index in [2.05, 4.69) is 47.5 Å². The molecule has 0 aliphatic carbocycles. The fraction of sp³-hybridized carbons (Fsp3) is 0.444. The molecule has 2 atom stereocenters. The van der Waals surface area contributed by atoms with Gasteiger partial charge in [0.1, 0.15) is 5.76 Å². The quantitative estimate of drug-likeness (QED) is 0.881. The van der Waals surface area contributed by atoms with Gasteiger partial charge in [0.25, 0.3) is 0 Å². The van der Waals surface area contributed by atoms with Crippen LogP contribution in [0.25, 0.3) is 0 Å². The second-order valence-electron chi connectivity index (χ2n) is 5.89. The van der Waals surface area contributed by atoms with Crippen LogP contribution < -0.4 is 5.32 Å². The van der Waals surface area contributed by atoms with Gasteiger partial charge in [0.2, 0.25) is 0 Å². The van der Waals surface area contributed by atoms with Crippen molar-refractivity contribution in [1.82, 2.24) is 10.2 Å². The van der Waals surface area contributed by atoms with E-state index in [-0.39, 0.29) is 6.04 Å². The number of rotatable bonds is 6. The zero-order valence-electron chi connectivity index (χ0n) is 12.7. The molecule has 0 saturated carbocycles. The summed E-state index contributed by atoms with van der Waals surface area (Å²) in [5, 5.41) is 3.53. The van der Waals surface area contributed by atoms with Crippen LogP contribution in [0.15, 0.2) is 53.1 Å². The second-order valence-corrected chi connectivity index (χ2v) is 5.89. The van der Waals surface area contributed by atoms with Crippen LogP contribution in [0.4, 0.5) is 0 Å². The minimum absolute atomic E-state index is 0.285. The topological polar surface area (TPSA) is 28.4 Å². The zero-order valence-corrected chi connectivity index (χ0v) is 12.7. The van der Waals surface area contributed by atoms with Crippen LogP contribution in [-0.4, -0.2) is 31.1 Å². The summed E-state index contributed by atoms with van der Waals surface area (Å²) in [7, 11) is 0. The summed E-state index contributed by atoms with van der Waals surface area (Å²) < 4.78 is 5.42. The molecule has 1 saturated heterocycles. The normalized spacial score (nSPS) is 20.7. The van der Waals surface area contributed by atoms with Crippen molar-refractivity contribution in [2.75, 3.05) is 26.2 Å². The fourth-order valence-electron chi connectivity index (χ4n) is 3.11. The van der Waals surface area contributed by atoms with E-state index in [4.69, 9.17) is 4.42 Å². The number of likely N-dealkylation sites (tertiary alicyclic amines) is 1. The van der Waals surface area contributed by atoms with E-state index < -0.39 is 0 Å². The first-order chi connectivity index (χ1) is 10.3. The van der Waals surface area contributed by atoms with Crippen LogP contribution >= 0.6 is 0 Å². The van der Waals surface area contributed by atoms with Gasteiger partial charge in [-0.2, -0.15) is 0 Å². The van der Waals surface area contributed by atoms with Crippen molar-refractivity contribution in [2.24, 2.45) is 0 Å². The highest BCUT2D eigenvalue weighted by molar-refractivity contribution is 5.21. The molecule has 1 aliphatic heterocycles. The van der Waals surface area contributed by atoms with Gasteiger partial charge in [-0.05, 0) is 43.5 Å². The number of benzene rings is 1. The largest absolute Gasteiger partial charge is 0.468 e. The smallest absolute Gasteiger partial charge is 0.120 e. The van der Waals surface area contributed by atoms with E-state index in [1.165, 1.54) is 25.1 Å². The molecule has 1 aliphatic rings. The molecule has 0 bridgehead atoms. The van der Waals surface area contributed by atoms with Crippen LogP contribution in [0.2, 0.25) is 0 Å². The summed E-state index contributed by atoms with van der Waals surface area (Å²) in [5.74, 6) is 1.72. The number of hydrogen-bond donors (Lipinski definition) is 1. The van der Waals surface area contributed by atoms with Crippen molar-refractivity contribution < 1.29 is 4.42 Å². The summed E-state index contributed by atoms with van der Waals surface area (Å²) in [4.78, 5) is 2.56. The Morgan fingerprint density at radius 1 is 1.24 bits per heavy atom. The molecule has 3 heteroatoms. The van der Waals surface area contributed by atoms with Gasteiger partial charge in [0.05, 0.1) is 12.3 Å². The average molecular weight is 284 g/mol. The van der Waals surface area contributed by atoms with Gasteiger partial charge < -0.3 is 14.6 Å². The lowest BCUT2D eigenvalue weighted by molar-refractivity contribution is 0.319. The first kappa shape index (κ1) is 14.4. The molecule has 1 aromatic carbocycles. The molecule has 112 valence electrons. The van der Waals surface area contributed by atoms with Gasteiger partial charge in [-0.15, -0.1) is 0 Å². The first-order valence-corrected chi connectivity index (χ1v) is 7.87. The van der Waals surface area contributed by atoms with Gasteiger partial charge in [-0.25, -0.2) is 0 Å². The summed E-state index contributed by atoms with van der Waals surface area (Å²) >= 11 is 0. The standard InChI is InChI=1S/C18H24N2O/c1-15(18-8-5-13-21-18)19-10-12-20-11-9-17(14-20)16-6-3-2-4-7-16/h2-8,13,15,17,19H,9-12,14H2,1H3. The summed E-state index contributed by atoms with van der Waals surface area (Å²) in [5.41, 5.74) is 1.48. The van der Waals surface area contributed by atoms with E-state index in [0.29, 0.717) is 5.92 Å². The Kier molecular flexibility index (Phi) is 4.73. The summed E-state index contributed by atoms with van der Waals surface area (Å²) in [6, 6.07) is 15.1. The molecule has 21 heavy (non-hydrogen) atoms. The monoisotopic (exact) mass is 284 g/mol. The lowest BCUT2D eigenvalue weighted by Crippen LogP contribution is -2.31. The van der Waals surface area contributed by atoms with Gasteiger partial charge in [0.15, 0.2) is 0 Å².